The van der Waals surface area contributed by atoms with Gasteiger partial charge in [0.1, 0.15) is 0 Å². The first-order valence-electron chi connectivity index (χ1n) is 4.46. The van der Waals surface area contributed by atoms with E-state index in [-0.39, 0.29) is 0 Å². The van der Waals surface area contributed by atoms with Crippen molar-refractivity contribution in [2.45, 2.75) is 32.7 Å². The van der Waals surface area contributed by atoms with E-state index in [4.69, 9.17) is 0 Å². The predicted molar refractivity (Wildman–Crippen MR) is 50.0 cm³/mol. The molecule has 1 unspecified atom stereocenters. The van der Waals surface area contributed by atoms with Crippen LogP contribution in [0.5, 0.6) is 0 Å². The molecule has 0 aliphatic heterocycles. The zero-order chi connectivity index (χ0) is 9.68. The van der Waals surface area contributed by atoms with Gasteiger partial charge in [0.2, 0.25) is 5.95 Å². The molecule has 0 saturated heterocycles. The van der Waals surface area contributed by atoms with Gasteiger partial charge in [0, 0.05) is 6.04 Å². The van der Waals surface area contributed by atoms with E-state index in [1.54, 1.807) is 0 Å². The summed E-state index contributed by atoms with van der Waals surface area (Å²) in [6.45, 7) is 4.17. The van der Waals surface area contributed by atoms with E-state index in [9.17, 15) is 4.39 Å². The molecule has 0 aromatic carbocycles. The highest BCUT2D eigenvalue weighted by atomic mass is 19.1. The monoisotopic (exact) mass is 183 g/mol. The summed E-state index contributed by atoms with van der Waals surface area (Å²) in [7, 11) is 0. The quantitative estimate of drug-likeness (QED) is 0.777. The van der Waals surface area contributed by atoms with Crippen molar-refractivity contribution in [2.24, 2.45) is 0 Å². The van der Waals surface area contributed by atoms with E-state index in [2.05, 4.69) is 29.1 Å². The lowest BCUT2D eigenvalue weighted by Gasteiger charge is -2.11. The molecule has 0 radical (unpaired) electrons. The molecule has 13 heavy (non-hydrogen) atoms. The Labute approximate surface area is 77.4 Å². The summed E-state index contributed by atoms with van der Waals surface area (Å²) in [6, 6.07) is 0.329. The largest absolute Gasteiger partial charge is 0.352 e. The first kappa shape index (κ1) is 9.89. The van der Waals surface area contributed by atoms with Gasteiger partial charge in [-0.2, -0.15) is 0 Å². The van der Waals surface area contributed by atoms with Gasteiger partial charge in [0.05, 0.1) is 12.4 Å². The van der Waals surface area contributed by atoms with Crippen molar-refractivity contribution in [2.75, 3.05) is 5.32 Å². The third-order valence-corrected chi connectivity index (χ3v) is 1.72. The average Bonchev–Trinajstić information content (AvgIpc) is 2.09. The number of hydrogen-bond acceptors (Lipinski definition) is 3. The second-order valence-electron chi connectivity index (χ2n) is 3.06. The maximum absolute atomic E-state index is 12.4. The van der Waals surface area contributed by atoms with Crippen LogP contribution in [0.3, 0.4) is 0 Å². The van der Waals surface area contributed by atoms with Crippen molar-refractivity contribution >= 4 is 5.95 Å². The van der Waals surface area contributed by atoms with Crippen LogP contribution in [0.4, 0.5) is 10.3 Å². The van der Waals surface area contributed by atoms with E-state index in [1.165, 1.54) is 0 Å². The van der Waals surface area contributed by atoms with Crippen molar-refractivity contribution in [3.8, 4) is 0 Å². The summed E-state index contributed by atoms with van der Waals surface area (Å²) in [6.07, 6.45) is 4.48. The van der Waals surface area contributed by atoms with Crippen molar-refractivity contribution in [3.63, 3.8) is 0 Å². The number of halogens is 1. The molecule has 1 N–H and O–H groups in total. The fraction of sp³-hybridized carbons (Fsp3) is 0.556. The molecule has 1 aromatic heterocycles. The Balaban J connectivity index is 2.49. The Morgan fingerprint density at radius 1 is 1.46 bits per heavy atom. The van der Waals surface area contributed by atoms with Gasteiger partial charge >= 0.3 is 0 Å². The maximum Gasteiger partial charge on any atom is 0.222 e. The lowest BCUT2D eigenvalue weighted by atomic mass is 10.2. The van der Waals surface area contributed by atoms with Gasteiger partial charge in [-0.15, -0.1) is 0 Å². The van der Waals surface area contributed by atoms with Crippen LogP contribution in [0.1, 0.15) is 26.7 Å². The van der Waals surface area contributed by atoms with Crippen molar-refractivity contribution in [1.82, 2.24) is 9.97 Å². The number of rotatable bonds is 4. The molecule has 0 bridgehead atoms. The standard InChI is InChI=1S/C9H14FN3/c1-3-4-7(2)13-9-11-5-8(10)6-12-9/h5-7H,3-4H2,1-2H3,(H,11,12,13). The fourth-order valence-corrected chi connectivity index (χ4v) is 1.11. The molecule has 0 aliphatic rings. The SMILES string of the molecule is CCCC(C)Nc1ncc(F)cn1. The van der Waals surface area contributed by atoms with Crippen LogP contribution in [0.15, 0.2) is 12.4 Å². The van der Waals surface area contributed by atoms with Crippen molar-refractivity contribution in [1.29, 1.82) is 0 Å². The minimum Gasteiger partial charge on any atom is -0.352 e. The number of aromatic nitrogens is 2. The molecule has 1 rings (SSSR count). The second-order valence-corrected chi connectivity index (χ2v) is 3.06. The fourth-order valence-electron chi connectivity index (χ4n) is 1.11. The summed E-state index contributed by atoms with van der Waals surface area (Å²) in [5, 5.41) is 3.08. The number of hydrogen-bond donors (Lipinski definition) is 1. The zero-order valence-electron chi connectivity index (χ0n) is 7.92. The normalized spacial score (nSPS) is 12.5. The molecule has 1 atom stereocenters. The predicted octanol–water partition coefficient (Wildman–Crippen LogP) is 2.22. The molecule has 0 amide bonds. The Morgan fingerprint density at radius 3 is 2.62 bits per heavy atom. The molecular weight excluding hydrogens is 169 g/mol. The topological polar surface area (TPSA) is 37.8 Å². The first-order valence-corrected chi connectivity index (χ1v) is 4.46. The maximum atomic E-state index is 12.4. The minimum absolute atomic E-state index is 0.329. The molecular formula is C9H14FN3. The lowest BCUT2D eigenvalue weighted by Crippen LogP contribution is -2.16. The summed E-state index contributed by atoms with van der Waals surface area (Å²) in [5.41, 5.74) is 0. The summed E-state index contributed by atoms with van der Waals surface area (Å²) in [5.74, 6) is 0.0797. The van der Waals surface area contributed by atoms with Gasteiger partial charge in [-0.25, -0.2) is 14.4 Å². The van der Waals surface area contributed by atoms with E-state index in [1.807, 2.05) is 0 Å². The van der Waals surface area contributed by atoms with Crippen LogP contribution in [-0.2, 0) is 0 Å². The highest BCUT2D eigenvalue weighted by Gasteiger charge is 2.02. The van der Waals surface area contributed by atoms with E-state index in [0.717, 1.165) is 25.2 Å². The number of nitrogens with one attached hydrogen (secondary N) is 1. The molecule has 0 saturated carbocycles. The first-order chi connectivity index (χ1) is 6.22. The van der Waals surface area contributed by atoms with E-state index in [0.29, 0.717) is 12.0 Å². The smallest absolute Gasteiger partial charge is 0.222 e. The number of anilines is 1. The third-order valence-electron chi connectivity index (χ3n) is 1.72. The summed E-state index contributed by atoms with van der Waals surface area (Å²) >= 11 is 0. The van der Waals surface area contributed by atoms with Crippen LogP contribution in [0.25, 0.3) is 0 Å². The molecule has 4 heteroatoms. The van der Waals surface area contributed by atoms with Gasteiger partial charge in [-0.1, -0.05) is 13.3 Å². The van der Waals surface area contributed by atoms with Gasteiger partial charge in [0.15, 0.2) is 5.82 Å². The van der Waals surface area contributed by atoms with Crippen LogP contribution in [0, 0.1) is 5.82 Å². The molecule has 72 valence electrons. The highest BCUT2D eigenvalue weighted by molar-refractivity contribution is 5.23. The second kappa shape index (κ2) is 4.74. The Hall–Kier alpha value is -1.19. The molecule has 0 spiro atoms. The molecule has 3 nitrogen and oxygen atoms in total. The summed E-state index contributed by atoms with van der Waals surface area (Å²) in [4.78, 5) is 7.61. The minimum atomic E-state index is -0.409. The summed E-state index contributed by atoms with van der Waals surface area (Å²) < 4.78 is 12.4. The van der Waals surface area contributed by atoms with Gasteiger partial charge < -0.3 is 5.32 Å². The third kappa shape index (κ3) is 3.36. The van der Waals surface area contributed by atoms with Gasteiger partial charge in [0.25, 0.3) is 0 Å². The molecule has 0 fully saturated rings. The molecule has 1 heterocycles. The lowest BCUT2D eigenvalue weighted by molar-refractivity contribution is 0.611. The molecule has 0 aliphatic carbocycles. The van der Waals surface area contributed by atoms with E-state index < -0.39 is 5.82 Å². The van der Waals surface area contributed by atoms with Crippen LogP contribution in [-0.4, -0.2) is 16.0 Å². The average molecular weight is 183 g/mol. The van der Waals surface area contributed by atoms with Gasteiger partial charge in [-0.3, -0.25) is 0 Å². The van der Waals surface area contributed by atoms with Gasteiger partial charge in [-0.05, 0) is 13.3 Å². The Kier molecular flexibility index (Phi) is 3.61. The molecule has 1 aromatic rings. The van der Waals surface area contributed by atoms with Crippen molar-refractivity contribution < 1.29 is 4.39 Å². The number of nitrogens with zero attached hydrogens (tertiary/aromatic N) is 2. The highest BCUT2D eigenvalue weighted by Crippen LogP contribution is 2.04. The van der Waals surface area contributed by atoms with Crippen LogP contribution >= 0.6 is 0 Å². The van der Waals surface area contributed by atoms with E-state index >= 15 is 0 Å². The van der Waals surface area contributed by atoms with Crippen LogP contribution in [0.2, 0.25) is 0 Å². The van der Waals surface area contributed by atoms with Crippen molar-refractivity contribution in [3.05, 3.63) is 18.2 Å². The Morgan fingerprint density at radius 2 is 2.08 bits per heavy atom. The van der Waals surface area contributed by atoms with Crippen LogP contribution < -0.4 is 5.32 Å². The zero-order valence-corrected chi connectivity index (χ0v) is 7.92. The Bertz CT molecular complexity index is 248.